The first-order valence-electron chi connectivity index (χ1n) is 5.31. The second kappa shape index (κ2) is 3.98. The number of anilines is 1. The summed E-state index contributed by atoms with van der Waals surface area (Å²) in [5.41, 5.74) is 8.68. The number of hydrogen-bond donors (Lipinski definition) is 1. The number of nitrogen functional groups attached to an aromatic ring is 1. The van der Waals surface area contributed by atoms with Gasteiger partial charge in [0.25, 0.3) is 0 Å². The van der Waals surface area contributed by atoms with Crippen molar-refractivity contribution < 1.29 is 0 Å². The number of aromatic nitrogens is 4. The average Bonchev–Trinajstić information content (AvgIpc) is 2.72. The molecule has 2 heterocycles. The number of aryl methyl sites for hydroxylation is 3. The molecule has 0 saturated heterocycles. The van der Waals surface area contributed by atoms with Gasteiger partial charge in [-0.2, -0.15) is 5.10 Å². The predicted octanol–water partition coefficient (Wildman–Crippen LogP) is 1.12. The van der Waals surface area contributed by atoms with Crippen molar-refractivity contribution in [2.75, 3.05) is 5.73 Å². The van der Waals surface area contributed by atoms with E-state index in [2.05, 4.69) is 16.0 Å². The lowest BCUT2D eigenvalue weighted by molar-refractivity contribution is 0.756. The molecule has 0 atom stereocenters. The van der Waals surface area contributed by atoms with E-state index >= 15 is 0 Å². The zero-order chi connectivity index (χ0) is 12.6. The maximum atomic E-state index is 6.07. The van der Waals surface area contributed by atoms with Gasteiger partial charge in [-0.15, -0.1) is 6.42 Å². The minimum Gasteiger partial charge on any atom is -0.383 e. The molecule has 0 amide bonds. The molecule has 0 bridgehead atoms. The molecule has 0 saturated carbocycles. The highest BCUT2D eigenvalue weighted by atomic mass is 15.3. The molecule has 2 aromatic heterocycles. The quantitative estimate of drug-likeness (QED) is 0.785. The Hall–Kier alpha value is -2.22. The second-order valence-corrected chi connectivity index (χ2v) is 3.98. The standard InChI is InChI=1S/C12H15N5/c1-5-6-17-9(3)14-11(12(17)13)10-7-16(4)15-8(10)2/h1,7H,6,13H2,2-4H3. The molecule has 2 N–H and O–H groups in total. The molecule has 2 rings (SSSR count). The fourth-order valence-electron chi connectivity index (χ4n) is 1.90. The van der Waals surface area contributed by atoms with Gasteiger partial charge in [-0.25, -0.2) is 4.98 Å². The molecule has 0 radical (unpaired) electrons. The first kappa shape index (κ1) is 11.3. The van der Waals surface area contributed by atoms with Crippen molar-refractivity contribution in [3.8, 4) is 23.6 Å². The third-order valence-electron chi connectivity index (χ3n) is 2.72. The van der Waals surface area contributed by atoms with Crippen LogP contribution in [0.15, 0.2) is 6.20 Å². The molecule has 17 heavy (non-hydrogen) atoms. The highest BCUT2D eigenvalue weighted by Crippen LogP contribution is 2.27. The van der Waals surface area contributed by atoms with Gasteiger partial charge in [0.05, 0.1) is 12.2 Å². The Morgan fingerprint density at radius 3 is 2.71 bits per heavy atom. The monoisotopic (exact) mass is 229 g/mol. The van der Waals surface area contributed by atoms with Crippen molar-refractivity contribution in [3.05, 3.63) is 17.7 Å². The maximum absolute atomic E-state index is 6.07. The summed E-state index contributed by atoms with van der Waals surface area (Å²) in [5, 5.41) is 4.29. The van der Waals surface area contributed by atoms with Crippen molar-refractivity contribution in [1.82, 2.24) is 19.3 Å². The fraction of sp³-hybridized carbons (Fsp3) is 0.333. The van der Waals surface area contributed by atoms with Crippen molar-refractivity contribution in [3.63, 3.8) is 0 Å². The van der Waals surface area contributed by atoms with E-state index < -0.39 is 0 Å². The maximum Gasteiger partial charge on any atom is 0.132 e. The molecule has 2 aromatic rings. The van der Waals surface area contributed by atoms with Gasteiger partial charge in [0.1, 0.15) is 17.3 Å². The number of nitrogens with zero attached hydrogens (tertiary/aromatic N) is 4. The van der Waals surface area contributed by atoms with Gasteiger partial charge >= 0.3 is 0 Å². The van der Waals surface area contributed by atoms with E-state index in [0.717, 1.165) is 22.8 Å². The summed E-state index contributed by atoms with van der Waals surface area (Å²) in [5.74, 6) is 3.98. The number of rotatable bonds is 2. The number of nitrogens with two attached hydrogens (primary N) is 1. The van der Waals surface area contributed by atoms with Crippen LogP contribution in [0.1, 0.15) is 11.5 Å². The third kappa shape index (κ3) is 1.78. The molecular formula is C12H15N5. The summed E-state index contributed by atoms with van der Waals surface area (Å²) in [4.78, 5) is 4.46. The van der Waals surface area contributed by atoms with Crippen LogP contribution in [-0.2, 0) is 13.6 Å². The minimum atomic E-state index is 0.435. The molecule has 88 valence electrons. The summed E-state index contributed by atoms with van der Waals surface area (Å²) in [7, 11) is 1.87. The van der Waals surface area contributed by atoms with Gasteiger partial charge in [-0.1, -0.05) is 5.92 Å². The van der Waals surface area contributed by atoms with Crippen molar-refractivity contribution >= 4 is 5.82 Å². The molecule has 0 aromatic carbocycles. The number of hydrogen-bond acceptors (Lipinski definition) is 3. The lowest BCUT2D eigenvalue weighted by Crippen LogP contribution is -2.03. The van der Waals surface area contributed by atoms with Crippen LogP contribution in [0.3, 0.4) is 0 Å². The first-order chi connectivity index (χ1) is 8.04. The van der Waals surface area contributed by atoms with Crippen LogP contribution >= 0.6 is 0 Å². The Morgan fingerprint density at radius 1 is 1.47 bits per heavy atom. The Morgan fingerprint density at radius 2 is 2.18 bits per heavy atom. The van der Waals surface area contributed by atoms with Gasteiger partial charge in [0, 0.05) is 18.8 Å². The van der Waals surface area contributed by atoms with E-state index in [1.807, 2.05) is 31.7 Å². The van der Waals surface area contributed by atoms with Crippen molar-refractivity contribution in [2.45, 2.75) is 20.4 Å². The van der Waals surface area contributed by atoms with Crippen molar-refractivity contribution in [1.29, 1.82) is 0 Å². The molecule has 0 aliphatic rings. The summed E-state index contributed by atoms with van der Waals surface area (Å²) in [6, 6.07) is 0. The Bertz CT molecular complexity index is 597. The van der Waals surface area contributed by atoms with E-state index in [1.165, 1.54) is 0 Å². The minimum absolute atomic E-state index is 0.435. The van der Waals surface area contributed by atoms with E-state index in [4.69, 9.17) is 12.2 Å². The normalized spacial score (nSPS) is 10.5. The van der Waals surface area contributed by atoms with E-state index in [9.17, 15) is 0 Å². The van der Waals surface area contributed by atoms with E-state index in [0.29, 0.717) is 12.4 Å². The zero-order valence-corrected chi connectivity index (χ0v) is 10.2. The third-order valence-corrected chi connectivity index (χ3v) is 2.72. The molecule has 5 heteroatoms. The fourth-order valence-corrected chi connectivity index (χ4v) is 1.90. The SMILES string of the molecule is C#CCn1c(C)nc(-c2cn(C)nc2C)c1N. The van der Waals surface area contributed by atoms with Crippen LogP contribution in [-0.4, -0.2) is 19.3 Å². The highest BCUT2D eigenvalue weighted by molar-refractivity contribution is 5.72. The molecule has 0 aliphatic heterocycles. The highest BCUT2D eigenvalue weighted by Gasteiger charge is 2.16. The summed E-state index contributed by atoms with van der Waals surface area (Å²) in [6.07, 6.45) is 7.22. The van der Waals surface area contributed by atoms with Crippen LogP contribution in [0, 0.1) is 26.2 Å². The van der Waals surface area contributed by atoms with Gasteiger partial charge < -0.3 is 10.3 Å². The molecule has 0 fully saturated rings. The lowest BCUT2D eigenvalue weighted by atomic mass is 10.2. The first-order valence-corrected chi connectivity index (χ1v) is 5.31. The van der Waals surface area contributed by atoms with Crippen LogP contribution in [0.4, 0.5) is 5.82 Å². The van der Waals surface area contributed by atoms with Gasteiger partial charge in [-0.05, 0) is 13.8 Å². The Balaban J connectivity index is 2.58. The largest absolute Gasteiger partial charge is 0.383 e. The molecule has 0 unspecified atom stereocenters. The smallest absolute Gasteiger partial charge is 0.132 e. The second-order valence-electron chi connectivity index (χ2n) is 3.98. The predicted molar refractivity (Wildman–Crippen MR) is 67.1 cm³/mol. The van der Waals surface area contributed by atoms with Crippen LogP contribution < -0.4 is 5.73 Å². The average molecular weight is 229 g/mol. The molecule has 0 spiro atoms. The molecule has 0 aliphatic carbocycles. The van der Waals surface area contributed by atoms with Gasteiger partial charge in [0.15, 0.2) is 0 Å². The van der Waals surface area contributed by atoms with E-state index in [-0.39, 0.29) is 0 Å². The number of imidazole rings is 1. The van der Waals surface area contributed by atoms with E-state index in [1.54, 1.807) is 4.68 Å². The summed E-state index contributed by atoms with van der Waals surface area (Å²) >= 11 is 0. The topological polar surface area (TPSA) is 61.7 Å². The van der Waals surface area contributed by atoms with Crippen LogP contribution in [0.25, 0.3) is 11.3 Å². The Kier molecular flexibility index (Phi) is 2.64. The lowest BCUT2D eigenvalue weighted by Gasteiger charge is -2.02. The van der Waals surface area contributed by atoms with Crippen LogP contribution in [0.5, 0.6) is 0 Å². The molecule has 5 nitrogen and oxygen atoms in total. The summed E-state index contributed by atoms with van der Waals surface area (Å²) in [6.45, 7) is 4.26. The van der Waals surface area contributed by atoms with Gasteiger partial charge in [-0.3, -0.25) is 4.68 Å². The zero-order valence-electron chi connectivity index (χ0n) is 10.2. The molecular weight excluding hydrogens is 214 g/mol. The van der Waals surface area contributed by atoms with Crippen molar-refractivity contribution in [2.24, 2.45) is 7.05 Å². The summed E-state index contributed by atoms with van der Waals surface area (Å²) < 4.78 is 3.57. The van der Waals surface area contributed by atoms with Gasteiger partial charge in [0.2, 0.25) is 0 Å². The number of terminal acetylenes is 1. The Labute approximate surface area is 100 Å². The van der Waals surface area contributed by atoms with Crippen LogP contribution in [0.2, 0.25) is 0 Å².